The van der Waals surface area contributed by atoms with Crippen molar-refractivity contribution in [3.63, 3.8) is 0 Å². The van der Waals surface area contributed by atoms with Gasteiger partial charge in [-0.05, 0) is 24.1 Å². The van der Waals surface area contributed by atoms with Gasteiger partial charge < -0.3 is 10.1 Å². The maximum atomic E-state index is 5.80. The molecule has 0 amide bonds. The summed E-state index contributed by atoms with van der Waals surface area (Å²) < 4.78 is 5.80. The first-order valence-corrected chi connectivity index (χ1v) is 7.87. The Bertz CT molecular complexity index is 537. The van der Waals surface area contributed by atoms with Gasteiger partial charge in [-0.15, -0.1) is 11.3 Å². The van der Waals surface area contributed by atoms with Crippen LogP contribution in [0.5, 0.6) is 5.75 Å². The molecule has 0 fully saturated rings. The van der Waals surface area contributed by atoms with Gasteiger partial charge in [0.25, 0.3) is 0 Å². The van der Waals surface area contributed by atoms with E-state index in [1.165, 1.54) is 10.4 Å². The Balaban J connectivity index is 1.87. The third-order valence-electron chi connectivity index (χ3n) is 2.95. The Hall–Kier alpha value is -1.39. The molecule has 20 heavy (non-hydrogen) atoms. The molecule has 0 radical (unpaired) electrons. The van der Waals surface area contributed by atoms with Crippen molar-refractivity contribution < 1.29 is 4.74 Å². The largest absolute Gasteiger partial charge is 0.486 e. The van der Waals surface area contributed by atoms with Crippen molar-refractivity contribution in [2.24, 2.45) is 0 Å². The highest BCUT2D eigenvalue weighted by molar-refractivity contribution is 7.11. The molecule has 2 aromatic rings. The van der Waals surface area contributed by atoms with E-state index >= 15 is 0 Å². The standard InChI is InChI=1S/C16H22N2OS/c1-4-13-6-5-7-14(8-13)19-11-16-18-10-15(20-16)9-17-12(2)3/h5-8,10,12,17H,4,9,11H2,1-3H3. The number of thiazole rings is 1. The summed E-state index contributed by atoms with van der Waals surface area (Å²) in [5, 5.41) is 4.41. The van der Waals surface area contributed by atoms with Gasteiger partial charge >= 0.3 is 0 Å². The fraction of sp³-hybridized carbons (Fsp3) is 0.438. The molecule has 0 aliphatic heterocycles. The number of nitrogens with zero attached hydrogens (tertiary/aromatic N) is 1. The molecule has 1 heterocycles. The number of rotatable bonds is 7. The number of nitrogens with one attached hydrogen (secondary N) is 1. The number of hydrogen-bond acceptors (Lipinski definition) is 4. The van der Waals surface area contributed by atoms with E-state index in [0.717, 1.165) is 23.7 Å². The lowest BCUT2D eigenvalue weighted by Crippen LogP contribution is -2.21. The minimum absolute atomic E-state index is 0.494. The minimum Gasteiger partial charge on any atom is -0.486 e. The van der Waals surface area contributed by atoms with Gasteiger partial charge in [-0.1, -0.05) is 32.9 Å². The van der Waals surface area contributed by atoms with E-state index in [1.54, 1.807) is 11.3 Å². The molecule has 0 saturated carbocycles. The maximum Gasteiger partial charge on any atom is 0.140 e. The van der Waals surface area contributed by atoms with E-state index in [9.17, 15) is 0 Å². The monoisotopic (exact) mass is 290 g/mol. The fourth-order valence-electron chi connectivity index (χ4n) is 1.80. The SMILES string of the molecule is CCc1cccc(OCc2ncc(CNC(C)C)s2)c1. The quantitative estimate of drug-likeness (QED) is 0.842. The van der Waals surface area contributed by atoms with Gasteiger partial charge in [-0.25, -0.2) is 4.98 Å². The van der Waals surface area contributed by atoms with Gasteiger partial charge in [-0.3, -0.25) is 0 Å². The van der Waals surface area contributed by atoms with E-state index in [2.05, 4.69) is 43.2 Å². The molecule has 0 bridgehead atoms. The Morgan fingerprint density at radius 2 is 2.20 bits per heavy atom. The molecule has 0 spiro atoms. The number of ether oxygens (including phenoxy) is 1. The van der Waals surface area contributed by atoms with Crippen molar-refractivity contribution >= 4 is 11.3 Å². The molecular formula is C16H22N2OS. The number of aryl methyl sites for hydroxylation is 1. The summed E-state index contributed by atoms with van der Waals surface area (Å²) in [5.41, 5.74) is 1.29. The van der Waals surface area contributed by atoms with Gasteiger partial charge in [0.05, 0.1) is 0 Å². The Labute approximate surface area is 125 Å². The van der Waals surface area contributed by atoms with Gasteiger partial charge in [0, 0.05) is 23.7 Å². The second-order valence-corrected chi connectivity index (χ2v) is 6.25. The molecule has 0 aliphatic carbocycles. The van der Waals surface area contributed by atoms with E-state index in [1.807, 2.05) is 18.3 Å². The zero-order valence-electron chi connectivity index (χ0n) is 12.3. The summed E-state index contributed by atoms with van der Waals surface area (Å²) in [6.45, 7) is 7.85. The summed E-state index contributed by atoms with van der Waals surface area (Å²) in [6.07, 6.45) is 2.96. The Morgan fingerprint density at radius 1 is 1.35 bits per heavy atom. The lowest BCUT2D eigenvalue weighted by molar-refractivity contribution is 0.305. The summed E-state index contributed by atoms with van der Waals surface area (Å²) >= 11 is 1.71. The molecule has 1 aromatic carbocycles. The van der Waals surface area contributed by atoms with Crippen LogP contribution < -0.4 is 10.1 Å². The summed E-state index contributed by atoms with van der Waals surface area (Å²) in [7, 11) is 0. The Morgan fingerprint density at radius 3 is 2.95 bits per heavy atom. The van der Waals surface area contributed by atoms with Crippen LogP contribution in [-0.2, 0) is 19.6 Å². The van der Waals surface area contributed by atoms with Crippen molar-refractivity contribution in [3.8, 4) is 5.75 Å². The van der Waals surface area contributed by atoms with E-state index in [0.29, 0.717) is 12.6 Å². The van der Waals surface area contributed by atoms with Crippen LogP contribution in [0.25, 0.3) is 0 Å². The van der Waals surface area contributed by atoms with Gasteiger partial charge in [-0.2, -0.15) is 0 Å². The molecule has 3 nitrogen and oxygen atoms in total. The molecule has 1 aromatic heterocycles. The van der Waals surface area contributed by atoms with Crippen molar-refractivity contribution in [2.45, 2.75) is 46.4 Å². The van der Waals surface area contributed by atoms with Crippen molar-refractivity contribution in [3.05, 3.63) is 45.9 Å². The van der Waals surface area contributed by atoms with E-state index in [-0.39, 0.29) is 0 Å². The molecule has 0 saturated heterocycles. The lowest BCUT2D eigenvalue weighted by Gasteiger charge is -2.06. The number of benzene rings is 1. The van der Waals surface area contributed by atoms with Crippen LogP contribution >= 0.6 is 11.3 Å². The molecule has 108 valence electrons. The lowest BCUT2D eigenvalue weighted by atomic mass is 10.2. The fourth-order valence-corrected chi connectivity index (χ4v) is 2.59. The summed E-state index contributed by atoms with van der Waals surface area (Å²) in [5.74, 6) is 0.918. The number of aromatic nitrogens is 1. The zero-order chi connectivity index (χ0) is 14.4. The summed E-state index contributed by atoms with van der Waals surface area (Å²) in [6, 6.07) is 8.73. The number of hydrogen-bond donors (Lipinski definition) is 1. The first-order chi connectivity index (χ1) is 9.67. The third kappa shape index (κ3) is 4.62. The first-order valence-electron chi connectivity index (χ1n) is 7.06. The van der Waals surface area contributed by atoms with E-state index in [4.69, 9.17) is 4.74 Å². The van der Waals surface area contributed by atoms with Crippen LogP contribution in [0.15, 0.2) is 30.5 Å². The highest BCUT2D eigenvalue weighted by Gasteiger charge is 2.04. The third-order valence-corrected chi connectivity index (χ3v) is 3.93. The highest BCUT2D eigenvalue weighted by atomic mass is 32.1. The van der Waals surface area contributed by atoms with Crippen LogP contribution in [0.1, 0.15) is 36.2 Å². The molecule has 2 rings (SSSR count). The smallest absolute Gasteiger partial charge is 0.140 e. The second kappa shape index (κ2) is 7.41. The first kappa shape index (κ1) is 15.0. The summed E-state index contributed by atoms with van der Waals surface area (Å²) in [4.78, 5) is 5.65. The van der Waals surface area contributed by atoms with Crippen molar-refractivity contribution in [1.82, 2.24) is 10.3 Å². The van der Waals surface area contributed by atoms with Crippen LogP contribution in [0.3, 0.4) is 0 Å². The molecule has 4 heteroatoms. The van der Waals surface area contributed by atoms with Gasteiger partial charge in [0.1, 0.15) is 17.4 Å². The van der Waals surface area contributed by atoms with Gasteiger partial charge in [0.2, 0.25) is 0 Å². The topological polar surface area (TPSA) is 34.1 Å². The average Bonchev–Trinajstić information content (AvgIpc) is 2.91. The second-order valence-electron chi connectivity index (χ2n) is 5.05. The predicted octanol–water partition coefficient (Wildman–Crippen LogP) is 3.78. The maximum absolute atomic E-state index is 5.80. The van der Waals surface area contributed by atoms with Crippen molar-refractivity contribution in [2.75, 3.05) is 0 Å². The minimum atomic E-state index is 0.494. The zero-order valence-corrected chi connectivity index (χ0v) is 13.2. The van der Waals surface area contributed by atoms with E-state index < -0.39 is 0 Å². The Kier molecular flexibility index (Phi) is 5.56. The van der Waals surface area contributed by atoms with Crippen LogP contribution in [0.4, 0.5) is 0 Å². The molecule has 1 N–H and O–H groups in total. The van der Waals surface area contributed by atoms with Crippen LogP contribution in [-0.4, -0.2) is 11.0 Å². The predicted molar refractivity (Wildman–Crippen MR) is 84.2 cm³/mol. The highest BCUT2D eigenvalue weighted by Crippen LogP contribution is 2.18. The average molecular weight is 290 g/mol. The molecular weight excluding hydrogens is 268 g/mol. The molecule has 0 unspecified atom stereocenters. The van der Waals surface area contributed by atoms with Crippen LogP contribution in [0, 0.1) is 0 Å². The molecule has 0 atom stereocenters. The van der Waals surface area contributed by atoms with Crippen LogP contribution in [0.2, 0.25) is 0 Å². The van der Waals surface area contributed by atoms with Crippen molar-refractivity contribution in [1.29, 1.82) is 0 Å². The molecule has 0 aliphatic rings. The van der Waals surface area contributed by atoms with Gasteiger partial charge in [0.15, 0.2) is 0 Å². The normalized spacial score (nSPS) is 11.0.